The molecule has 2 heterocycles. The molecule has 0 saturated carbocycles. The third kappa shape index (κ3) is 2.91. The lowest BCUT2D eigenvalue weighted by Gasteiger charge is -2.13. The first-order chi connectivity index (χ1) is 12.7. The van der Waals surface area contributed by atoms with E-state index < -0.39 is 0 Å². The van der Waals surface area contributed by atoms with Gasteiger partial charge in [-0.05, 0) is 61.4 Å². The third-order valence-electron chi connectivity index (χ3n) is 5.09. The average Bonchev–Trinajstić information content (AvgIpc) is 3.22. The van der Waals surface area contributed by atoms with Crippen molar-refractivity contribution in [1.82, 2.24) is 0 Å². The first-order valence-electron chi connectivity index (χ1n) is 8.92. The number of carbonyl (C=O) groups excluding carboxylic acids is 1. The van der Waals surface area contributed by atoms with E-state index in [1.165, 1.54) is 16.9 Å². The van der Waals surface area contributed by atoms with Crippen LogP contribution in [0.4, 0.5) is 5.00 Å². The largest absolute Gasteiger partial charge is 0.497 e. The minimum atomic E-state index is 0.0240. The zero-order valence-corrected chi connectivity index (χ0v) is 15.6. The van der Waals surface area contributed by atoms with E-state index in [1.807, 2.05) is 30.3 Å². The summed E-state index contributed by atoms with van der Waals surface area (Å²) in [7, 11) is 1.64. The van der Waals surface area contributed by atoms with Gasteiger partial charge in [-0.15, -0.1) is 11.3 Å². The minimum Gasteiger partial charge on any atom is -0.497 e. The normalized spacial score (nSPS) is 18.1. The number of amides is 1. The molecule has 5 heteroatoms. The van der Waals surface area contributed by atoms with Crippen molar-refractivity contribution < 1.29 is 9.53 Å². The Kier molecular flexibility index (Phi) is 4.52. The predicted molar refractivity (Wildman–Crippen MR) is 104 cm³/mol. The van der Waals surface area contributed by atoms with Crippen LogP contribution in [0.1, 0.15) is 40.8 Å². The number of rotatable bonds is 3. The van der Waals surface area contributed by atoms with E-state index in [4.69, 9.17) is 4.74 Å². The van der Waals surface area contributed by atoms with Crippen molar-refractivity contribution in [3.63, 3.8) is 0 Å². The van der Waals surface area contributed by atoms with Crippen LogP contribution in [0.15, 0.2) is 29.8 Å². The van der Waals surface area contributed by atoms with Gasteiger partial charge >= 0.3 is 0 Å². The van der Waals surface area contributed by atoms with Crippen LogP contribution >= 0.6 is 11.3 Å². The second-order valence-electron chi connectivity index (χ2n) is 6.65. The molecule has 0 unspecified atom stereocenters. The van der Waals surface area contributed by atoms with Crippen LogP contribution in [0.5, 0.6) is 5.75 Å². The molecular weight excluding hydrogens is 344 g/mol. The lowest BCUT2D eigenvalue weighted by atomic mass is 9.96. The number of nitrogens with zero attached hydrogens (tertiary/aromatic N) is 2. The van der Waals surface area contributed by atoms with Gasteiger partial charge in [0.05, 0.1) is 12.7 Å². The summed E-state index contributed by atoms with van der Waals surface area (Å²) in [4.78, 5) is 16.0. The van der Waals surface area contributed by atoms with E-state index in [1.54, 1.807) is 23.3 Å². The van der Waals surface area contributed by atoms with Gasteiger partial charge in [0.2, 0.25) is 0 Å². The number of aryl methyl sites for hydroxylation is 1. The minimum absolute atomic E-state index is 0.0240. The molecule has 0 bridgehead atoms. The molecule has 132 valence electrons. The summed E-state index contributed by atoms with van der Waals surface area (Å²) in [5, 5.41) is 10.5. The topological polar surface area (TPSA) is 53.3 Å². The third-order valence-corrected chi connectivity index (χ3v) is 6.41. The summed E-state index contributed by atoms with van der Waals surface area (Å²) in [6.07, 6.45) is 6.96. The molecular formula is C21H20N2O2S. The fourth-order valence-corrected chi connectivity index (χ4v) is 5.06. The maximum Gasteiger partial charge on any atom is 0.254 e. The number of hydrogen-bond acceptors (Lipinski definition) is 4. The number of ether oxygens (including phenoxy) is 1. The standard InChI is InChI=1S/C21H20N2O2S/c1-25-16-8-6-14(7-9-16)12-15-10-11-23(20(15)24)21-18(13-22)17-4-2-3-5-19(17)26-21/h6-9,12H,2-5,10-11H2,1H3/b15-12+. The van der Waals surface area contributed by atoms with Crippen LogP contribution in [0.3, 0.4) is 0 Å². The van der Waals surface area contributed by atoms with Crippen molar-refractivity contribution in [2.45, 2.75) is 32.1 Å². The molecule has 0 radical (unpaired) electrons. The fourth-order valence-electron chi connectivity index (χ4n) is 3.70. The Balaban J connectivity index is 1.62. The maximum atomic E-state index is 12.9. The highest BCUT2D eigenvalue weighted by Gasteiger charge is 2.32. The Labute approximate surface area is 157 Å². The van der Waals surface area contributed by atoms with E-state index in [-0.39, 0.29) is 5.91 Å². The Bertz CT molecular complexity index is 919. The first kappa shape index (κ1) is 16.9. The van der Waals surface area contributed by atoms with E-state index in [0.717, 1.165) is 46.7 Å². The van der Waals surface area contributed by atoms with Gasteiger partial charge in [0.15, 0.2) is 0 Å². The molecule has 0 atom stereocenters. The summed E-state index contributed by atoms with van der Waals surface area (Å²) in [5.74, 6) is 0.824. The van der Waals surface area contributed by atoms with E-state index in [0.29, 0.717) is 13.0 Å². The van der Waals surface area contributed by atoms with Crippen LogP contribution in [0, 0.1) is 11.3 Å². The van der Waals surface area contributed by atoms with Gasteiger partial charge in [-0.1, -0.05) is 12.1 Å². The van der Waals surface area contributed by atoms with Gasteiger partial charge in [0, 0.05) is 17.0 Å². The van der Waals surface area contributed by atoms with Gasteiger partial charge in [-0.25, -0.2) is 0 Å². The Morgan fingerprint density at radius 1 is 1.19 bits per heavy atom. The molecule has 1 aromatic carbocycles. The highest BCUT2D eigenvalue weighted by molar-refractivity contribution is 7.16. The quantitative estimate of drug-likeness (QED) is 0.762. The van der Waals surface area contributed by atoms with Crippen molar-refractivity contribution >= 4 is 28.3 Å². The molecule has 2 aliphatic rings. The number of benzene rings is 1. The molecule has 2 aromatic rings. The molecule has 1 saturated heterocycles. The van der Waals surface area contributed by atoms with E-state index >= 15 is 0 Å². The van der Waals surface area contributed by atoms with Crippen LogP contribution in [-0.2, 0) is 17.6 Å². The number of hydrogen-bond donors (Lipinski definition) is 0. The number of anilines is 1. The summed E-state index contributed by atoms with van der Waals surface area (Å²) in [6, 6.07) is 10.1. The van der Waals surface area contributed by atoms with Gasteiger partial charge in [-0.3, -0.25) is 9.69 Å². The van der Waals surface area contributed by atoms with Crippen molar-refractivity contribution in [2.75, 3.05) is 18.6 Å². The lowest BCUT2D eigenvalue weighted by Crippen LogP contribution is -2.24. The van der Waals surface area contributed by atoms with Crippen molar-refractivity contribution in [3.05, 3.63) is 51.4 Å². The zero-order valence-electron chi connectivity index (χ0n) is 14.7. The second kappa shape index (κ2) is 6.97. The molecule has 1 aliphatic heterocycles. The molecule has 4 nitrogen and oxygen atoms in total. The zero-order chi connectivity index (χ0) is 18.1. The highest BCUT2D eigenvalue weighted by atomic mass is 32.1. The average molecular weight is 364 g/mol. The van der Waals surface area contributed by atoms with Gasteiger partial charge in [0.25, 0.3) is 5.91 Å². The van der Waals surface area contributed by atoms with Crippen LogP contribution in [0.25, 0.3) is 6.08 Å². The number of methoxy groups -OCH3 is 1. The number of nitriles is 1. The Hall–Kier alpha value is -2.58. The highest BCUT2D eigenvalue weighted by Crippen LogP contribution is 2.41. The number of fused-ring (bicyclic) bond motifs is 1. The number of carbonyl (C=O) groups is 1. The van der Waals surface area contributed by atoms with Crippen LogP contribution in [-0.4, -0.2) is 19.6 Å². The van der Waals surface area contributed by atoms with Gasteiger partial charge in [-0.2, -0.15) is 5.26 Å². The molecule has 1 aromatic heterocycles. The molecule has 0 spiro atoms. The van der Waals surface area contributed by atoms with E-state index in [2.05, 4.69) is 6.07 Å². The molecule has 4 rings (SSSR count). The summed E-state index contributed by atoms with van der Waals surface area (Å²) >= 11 is 1.64. The molecule has 0 N–H and O–H groups in total. The lowest BCUT2D eigenvalue weighted by molar-refractivity contribution is -0.114. The SMILES string of the molecule is COc1ccc(/C=C2\CCN(c3sc4c(c3C#N)CCCC4)C2=O)cc1. The Morgan fingerprint density at radius 3 is 2.69 bits per heavy atom. The van der Waals surface area contributed by atoms with Gasteiger partial charge < -0.3 is 4.74 Å². The maximum absolute atomic E-state index is 12.9. The van der Waals surface area contributed by atoms with Crippen molar-refractivity contribution in [2.24, 2.45) is 0 Å². The molecule has 1 amide bonds. The molecule has 1 aliphatic carbocycles. The Morgan fingerprint density at radius 2 is 1.96 bits per heavy atom. The summed E-state index contributed by atoms with van der Waals surface area (Å²) in [5.41, 5.74) is 3.69. The van der Waals surface area contributed by atoms with Crippen LogP contribution in [0.2, 0.25) is 0 Å². The number of thiophene rings is 1. The fraction of sp³-hybridized carbons (Fsp3) is 0.333. The van der Waals surface area contributed by atoms with E-state index in [9.17, 15) is 10.1 Å². The smallest absolute Gasteiger partial charge is 0.254 e. The van der Waals surface area contributed by atoms with Crippen molar-refractivity contribution in [1.29, 1.82) is 5.26 Å². The first-order valence-corrected chi connectivity index (χ1v) is 9.74. The predicted octanol–water partition coefficient (Wildman–Crippen LogP) is 4.33. The monoisotopic (exact) mass is 364 g/mol. The van der Waals surface area contributed by atoms with Crippen LogP contribution < -0.4 is 9.64 Å². The van der Waals surface area contributed by atoms with Gasteiger partial charge in [0.1, 0.15) is 16.8 Å². The second-order valence-corrected chi connectivity index (χ2v) is 7.74. The van der Waals surface area contributed by atoms with Crippen molar-refractivity contribution in [3.8, 4) is 11.8 Å². The molecule has 1 fully saturated rings. The summed E-state index contributed by atoms with van der Waals surface area (Å²) in [6.45, 7) is 0.648. The summed E-state index contributed by atoms with van der Waals surface area (Å²) < 4.78 is 5.18. The molecule has 26 heavy (non-hydrogen) atoms.